The molecule has 2 aromatic rings. The van der Waals surface area contributed by atoms with Crippen molar-refractivity contribution in [1.82, 2.24) is 25.5 Å². The summed E-state index contributed by atoms with van der Waals surface area (Å²) in [6.07, 6.45) is 1.63. The minimum Gasteiger partial charge on any atom is -0.310 e. The van der Waals surface area contributed by atoms with E-state index in [1.807, 2.05) is 26.0 Å². The molecule has 2 rings (SSSR count). The molecule has 0 saturated carbocycles. The Kier molecular flexibility index (Phi) is 4.01. The van der Waals surface area contributed by atoms with Gasteiger partial charge in [-0.05, 0) is 32.9 Å². The van der Waals surface area contributed by atoms with E-state index in [4.69, 9.17) is 0 Å². The van der Waals surface area contributed by atoms with Crippen molar-refractivity contribution >= 4 is 0 Å². The van der Waals surface area contributed by atoms with Crippen LogP contribution in [0.2, 0.25) is 0 Å². The van der Waals surface area contributed by atoms with E-state index < -0.39 is 0 Å². The van der Waals surface area contributed by atoms with Gasteiger partial charge in [-0.3, -0.25) is 4.79 Å². The van der Waals surface area contributed by atoms with Crippen LogP contribution in [0.15, 0.2) is 23.1 Å². The Morgan fingerprint density at radius 3 is 2.84 bits per heavy atom. The number of aryl methyl sites for hydroxylation is 2. The third-order valence-corrected chi connectivity index (χ3v) is 2.91. The van der Waals surface area contributed by atoms with Crippen LogP contribution in [0.1, 0.15) is 35.7 Å². The zero-order chi connectivity index (χ0) is 13.8. The number of nitrogens with zero attached hydrogens (tertiary/aromatic N) is 3. The number of hydrogen-bond donors (Lipinski definition) is 2. The van der Waals surface area contributed by atoms with Crippen LogP contribution in [-0.4, -0.2) is 20.2 Å². The summed E-state index contributed by atoms with van der Waals surface area (Å²) < 4.78 is 0. The van der Waals surface area contributed by atoms with Gasteiger partial charge in [0.15, 0.2) is 0 Å². The fraction of sp³-hybridized carbons (Fsp3) is 0.385. The summed E-state index contributed by atoms with van der Waals surface area (Å²) in [7, 11) is 0. The molecule has 0 bridgehead atoms. The van der Waals surface area contributed by atoms with E-state index >= 15 is 0 Å². The van der Waals surface area contributed by atoms with Crippen LogP contribution in [0.5, 0.6) is 0 Å². The molecule has 0 amide bonds. The van der Waals surface area contributed by atoms with Crippen LogP contribution in [-0.2, 0) is 6.54 Å². The lowest BCUT2D eigenvalue weighted by atomic mass is 10.1. The maximum absolute atomic E-state index is 12.0. The molecule has 1 atom stereocenters. The van der Waals surface area contributed by atoms with E-state index in [9.17, 15) is 4.79 Å². The van der Waals surface area contributed by atoms with Crippen LogP contribution in [0, 0.1) is 13.8 Å². The molecule has 0 saturated heterocycles. The monoisotopic (exact) mass is 259 g/mol. The predicted octanol–water partition coefficient (Wildman–Crippen LogP) is 1.03. The lowest BCUT2D eigenvalue weighted by Gasteiger charge is -2.14. The molecule has 6 nitrogen and oxygen atoms in total. The summed E-state index contributed by atoms with van der Waals surface area (Å²) in [6.45, 7) is 6.11. The smallest absolute Gasteiger partial charge is 0.255 e. The molecule has 0 aromatic carbocycles. The van der Waals surface area contributed by atoms with Crippen molar-refractivity contribution in [2.24, 2.45) is 0 Å². The Bertz CT molecular complexity index is 608. The van der Waals surface area contributed by atoms with E-state index in [2.05, 4.69) is 25.5 Å². The fourth-order valence-electron chi connectivity index (χ4n) is 2.03. The summed E-state index contributed by atoms with van der Waals surface area (Å²) >= 11 is 0. The summed E-state index contributed by atoms with van der Waals surface area (Å²) in [6, 6.07) is 3.62. The van der Waals surface area contributed by atoms with Crippen LogP contribution >= 0.6 is 0 Å². The molecule has 19 heavy (non-hydrogen) atoms. The molecule has 0 radical (unpaired) electrons. The average molecular weight is 259 g/mol. The van der Waals surface area contributed by atoms with Crippen molar-refractivity contribution in [3.8, 4) is 0 Å². The van der Waals surface area contributed by atoms with Crippen LogP contribution in [0.4, 0.5) is 0 Å². The molecule has 0 aliphatic carbocycles. The molecule has 0 spiro atoms. The molecule has 0 aliphatic heterocycles. The van der Waals surface area contributed by atoms with Gasteiger partial charge < -0.3 is 10.3 Å². The highest BCUT2D eigenvalue weighted by Crippen LogP contribution is 2.11. The number of nitrogens with one attached hydrogen (secondary N) is 2. The van der Waals surface area contributed by atoms with Crippen molar-refractivity contribution < 1.29 is 0 Å². The molecule has 1 unspecified atom stereocenters. The van der Waals surface area contributed by atoms with Gasteiger partial charge in [0, 0.05) is 24.5 Å². The molecular weight excluding hydrogens is 242 g/mol. The topological polar surface area (TPSA) is 83.6 Å². The van der Waals surface area contributed by atoms with Gasteiger partial charge in [0.1, 0.15) is 5.82 Å². The maximum Gasteiger partial charge on any atom is 0.255 e. The summed E-state index contributed by atoms with van der Waals surface area (Å²) in [5.41, 5.74) is 2.16. The van der Waals surface area contributed by atoms with Gasteiger partial charge >= 0.3 is 0 Å². The first-order chi connectivity index (χ1) is 9.08. The predicted molar refractivity (Wildman–Crippen MR) is 71.6 cm³/mol. The van der Waals surface area contributed by atoms with Gasteiger partial charge in [0.05, 0.1) is 11.3 Å². The largest absolute Gasteiger partial charge is 0.310 e. The van der Waals surface area contributed by atoms with Gasteiger partial charge in [-0.25, -0.2) is 4.98 Å². The second-order valence-corrected chi connectivity index (χ2v) is 4.47. The number of hydrogen-bond acceptors (Lipinski definition) is 5. The first-order valence-electron chi connectivity index (χ1n) is 6.15. The SMILES string of the molecule is Cc1nc(C)c(C(C)NCc2cccnn2)c(=O)[nH]1. The van der Waals surface area contributed by atoms with Gasteiger partial charge in [-0.15, -0.1) is 0 Å². The van der Waals surface area contributed by atoms with E-state index in [1.165, 1.54) is 0 Å². The third kappa shape index (κ3) is 3.23. The van der Waals surface area contributed by atoms with E-state index in [1.54, 1.807) is 13.1 Å². The van der Waals surface area contributed by atoms with Crippen molar-refractivity contribution in [3.63, 3.8) is 0 Å². The molecule has 2 heterocycles. The summed E-state index contributed by atoms with van der Waals surface area (Å²) in [5, 5.41) is 11.1. The van der Waals surface area contributed by atoms with Crippen molar-refractivity contribution in [2.45, 2.75) is 33.4 Å². The zero-order valence-corrected chi connectivity index (χ0v) is 11.3. The van der Waals surface area contributed by atoms with Gasteiger partial charge in [-0.2, -0.15) is 10.2 Å². The molecule has 0 aliphatic rings. The standard InChI is InChI=1S/C13H17N5O/c1-8(14-7-11-5-4-6-15-18-11)12-9(2)16-10(3)17-13(12)19/h4-6,8,14H,7H2,1-3H3,(H,16,17,19). The second kappa shape index (κ2) is 5.71. The molecular formula is C13H17N5O. The van der Waals surface area contributed by atoms with Gasteiger partial charge in [0.2, 0.25) is 0 Å². The number of rotatable bonds is 4. The summed E-state index contributed by atoms with van der Waals surface area (Å²) in [4.78, 5) is 19.0. The Morgan fingerprint density at radius 2 is 2.21 bits per heavy atom. The highest BCUT2D eigenvalue weighted by Gasteiger charge is 2.14. The lowest BCUT2D eigenvalue weighted by Crippen LogP contribution is -2.28. The first kappa shape index (κ1) is 13.4. The Balaban J connectivity index is 2.13. The molecule has 6 heteroatoms. The lowest BCUT2D eigenvalue weighted by molar-refractivity contribution is 0.553. The average Bonchev–Trinajstić information content (AvgIpc) is 2.36. The molecule has 2 aromatic heterocycles. The number of aromatic amines is 1. The highest BCUT2D eigenvalue weighted by atomic mass is 16.1. The normalized spacial score (nSPS) is 12.4. The zero-order valence-electron chi connectivity index (χ0n) is 11.3. The van der Waals surface area contributed by atoms with E-state index in [-0.39, 0.29) is 11.6 Å². The maximum atomic E-state index is 12.0. The fourth-order valence-corrected chi connectivity index (χ4v) is 2.03. The minimum atomic E-state index is -0.0983. The number of H-pyrrole nitrogens is 1. The third-order valence-electron chi connectivity index (χ3n) is 2.91. The molecule has 2 N–H and O–H groups in total. The first-order valence-corrected chi connectivity index (χ1v) is 6.15. The quantitative estimate of drug-likeness (QED) is 0.856. The van der Waals surface area contributed by atoms with Crippen LogP contribution in [0.3, 0.4) is 0 Å². The molecule has 0 fully saturated rings. The Labute approximate surface area is 111 Å². The van der Waals surface area contributed by atoms with Crippen LogP contribution in [0.25, 0.3) is 0 Å². The molecule has 100 valence electrons. The van der Waals surface area contributed by atoms with Gasteiger partial charge in [0.25, 0.3) is 5.56 Å². The second-order valence-electron chi connectivity index (χ2n) is 4.47. The van der Waals surface area contributed by atoms with Crippen molar-refractivity contribution in [2.75, 3.05) is 0 Å². The highest BCUT2D eigenvalue weighted by molar-refractivity contribution is 5.20. The van der Waals surface area contributed by atoms with E-state index in [0.29, 0.717) is 17.9 Å². The van der Waals surface area contributed by atoms with Crippen LogP contribution < -0.4 is 10.9 Å². The van der Waals surface area contributed by atoms with Crippen molar-refractivity contribution in [3.05, 3.63) is 51.5 Å². The Hall–Kier alpha value is -2.08. The summed E-state index contributed by atoms with van der Waals surface area (Å²) in [5.74, 6) is 0.632. The Morgan fingerprint density at radius 1 is 1.42 bits per heavy atom. The van der Waals surface area contributed by atoms with Gasteiger partial charge in [-0.1, -0.05) is 0 Å². The van der Waals surface area contributed by atoms with E-state index in [0.717, 1.165) is 11.4 Å². The minimum absolute atomic E-state index is 0.0934. The number of aromatic nitrogens is 4. The van der Waals surface area contributed by atoms with Crippen molar-refractivity contribution in [1.29, 1.82) is 0 Å².